The van der Waals surface area contributed by atoms with Crippen LogP contribution in [-0.2, 0) is 4.74 Å². The average molecular weight is 448 g/mol. The molecule has 2 aromatic heterocycles. The fourth-order valence-corrected chi connectivity index (χ4v) is 4.96. The van der Waals surface area contributed by atoms with Gasteiger partial charge in [0.25, 0.3) is 5.91 Å². The Morgan fingerprint density at radius 2 is 1.81 bits per heavy atom. The van der Waals surface area contributed by atoms with Crippen LogP contribution in [0.2, 0.25) is 0 Å². The van der Waals surface area contributed by atoms with E-state index in [9.17, 15) is 4.79 Å². The number of rotatable bonds is 9. The van der Waals surface area contributed by atoms with Crippen molar-refractivity contribution >= 4 is 22.4 Å². The van der Waals surface area contributed by atoms with Crippen LogP contribution in [0.4, 0.5) is 5.13 Å². The van der Waals surface area contributed by atoms with Crippen molar-refractivity contribution in [3.63, 3.8) is 0 Å². The Bertz CT molecular complexity index is 825. The van der Waals surface area contributed by atoms with Gasteiger partial charge < -0.3 is 15.0 Å². The minimum absolute atomic E-state index is 0.0723. The molecule has 2 aliphatic rings. The zero-order chi connectivity index (χ0) is 21.5. The molecule has 170 valence electrons. The summed E-state index contributed by atoms with van der Waals surface area (Å²) in [6, 6.07) is 3.72. The first-order valence-electron chi connectivity index (χ1n) is 11.3. The number of anilines is 1. The molecule has 31 heavy (non-hydrogen) atoms. The van der Waals surface area contributed by atoms with Crippen LogP contribution in [0.3, 0.4) is 0 Å². The summed E-state index contributed by atoms with van der Waals surface area (Å²) in [5.74, 6) is -0.0723. The maximum atomic E-state index is 12.7. The number of hydrogen-bond acceptors (Lipinski definition) is 8. The molecule has 9 nitrogen and oxygen atoms in total. The van der Waals surface area contributed by atoms with Crippen LogP contribution < -0.4 is 10.2 Å². The summed E-state index contributed by atoms with van der Waals surface area (Å²) >= 11 is 1.54. The summed E-state index contributed by atoms with van der Waals surface area (Å²) in [7, 11) is 0. The third kappa shape index (κ3) is 5.82. The van der Waals surface area contributed by atoms with E-state index < -0.39 is 0 Å². The van der Waals surface area contributed by atoms with E-state index in [1.54, 1.807) is 11.3 Å². The number of carbonyl (C=O) groups is 1. The minimum atomic E-state index is -0.0723. The Morgan fingerprint density at radius 1 is 1.06 bits per heavy atom. The predicted molar refractivity (Wildman–Crippen MR) is 122 cm³/mol. The molecule has 2 aliphatic heterocycles. The zero-order valence-corrected chi connectivity index (χ0v) is 19.1. The number of aromatic nitrogens is 3. The van der Waals surface area contributed by atoms with Gasteiger partial charge >= 0.3 is 0 Å². The van der Waals surface area contributed by atoms with Crippen molar-refractivity contribution in [3.8, 4) is 5.13 Å². The number of amides is 1. The molecule has 0 unspecified atom stereocenters. The molecule has 0 radical (unpaired) electrons. The number of hydrogen-bond donors (Lipinski definition) is 1. The molecule has 2 saturated heterocycles. The molecular formula is C21H33N7O2S. The maximum Gasteiger partial charge on any atom is 0.268 e. The number of morpholine rings is 1. The molecule has 0 spiro atoms. The van der Waals surface area contributed by atoms with E-state index in [2.05, 4.69) is 37.1 Å². The van der Waals surface area contributed by atoms with E-state index in [-0.39, 0.29) is 5.91 Å². The first kappa shape index (κ1) is 22.2. The number of nitrogens with one attached hydrogen (secondary N) is 1. The van der Waals surface area contributed by atoms with Crippen molar-refractivity contribution in [2.45, 2.75) is 19.8 Å². The van der Waals surface area contributed by atoms with Crippen molar-refractivity contribution < 1.29 is 9.53 Å². The van der Waals surface area contributed by atoms with Gasteiger partial charge in [-0.25, -0.2) is 0 Å². The molecule has 4 rings (SSSR count). The lowest BCUT2D eigenvalue weighted by Gasteiger charge is -2.33. The fraction of sp³-hybridized carbons (Fsp3) is 0.667. The molecule has 2 aromatic rings. The molecule has 0 aromatic carbocycles. The molecule has 10 heteroatoms. The van der Waals surface area contributed by atoms with Gasteiger partial charge in [-0.1, -0.05) is 18.3 Å². The van der Waals surface area contributed by atoms with E-state index in [0.29, 0.717) is 12.2 Å². The number of piperazine rings is 1. The number of ether oxygens (including phenoxy) is 1. The largest absolute Gasteiger partial charge is 0.379 e. The topological polar surface area (TPSA) is 78.8 Å². The Balaban J connectivity index is 1.29. The lowest BCUT2D eigenvalue weighted by molar-refractivity contribution is 0.0374. The Hall–Kier alpha value is -2.01. The monoisotopic (exact) mass is 447 g/mol. The third-order valence-electron chi connectivity index (χ3n) is 5.81. The van der Waals surface area contributed by atoms with Gasteiger partial charge in [0.15, 0.2) is 0 Å². The lowest BCUT2D eigenvalue weighted by Crippen LogP contribution is -2.46. The summed E-state index contributed by atoms with van der Waals surface area (Å²) in [6.07, 6.45) is 4.00. The molecule has 2 fully saturated rings. The highest BCUT2D eigenvalue weighted by Gasteiger charge is 2.21. The molecule has 1 N–H and O–H groups in total. The van der Waals surface area contributed by atoms with Gasteiger partial charge in [0.05, 0.1) is 13.2 Å². The highest BCUT2D eigenvalue weighted by molar-refractivity contribution is 7.17. The predicted octanol–water partition coefficient (Wildman–Crippen LogP) is 1.31. The Kier molecular flexibility index (Phi) is 7.90. The van der Waals surface area contributed by atoms with Crippen LogP contribution in [-0.4, -0.2) is 103 Å². The second-order valence-electron chi connectivity index (χ2n) is 8.02. The van der Waals surface area contributed by atoms with E-state index in [1.165, 1.54) is 6.42 Å². The van der Waals surface area contributed by atoms with Gasteiger partial charge in [-0.05, 0) is 38.1 Å². The van der Waals surface area contributed by atoms with E-state index in [1.807, 2.05) is 22.9 Å². The van der Waals surface area contributed by atoms with Gasteiger partial charge in [0, 0.05) is 52.0 Å². The first-order chi connectivity index (χ1) is 15.2. The van der Waals surface area contributed by atoms with Crippen LogP contribution in [0.5, 0.6) is 0 Å². The summed E-state index contributed by atoms with van der Waals surface area (Å²) < 4.78 is 7.21. The smallest absolute Gasteiger partial charge is 0.268 e. The lowest BCUT2D eigenvalue weighted by atomic mass is 10.3. The molecule has 4 heterocycles. The van der Waals surface area contributed by atoms with Crippen molar-refractivity contribution in [2.75, 3.05) is 77.0 Å². The molecule has 0 saturated carbocycles. The molecule has 1 amide bonds. The van der Waals surface area contributed by atoms with E-state index in [0.717, 1.165) is 82.3 Å². The quantitative estimate of drug-likeness (QED) is 0.581. The van der Waals surface area contributed by atoms with Crippen LogP contribution in [0, 0.1) is 0 Å². The van der Waals surface area contributed by atoms with Crippen LogP contribution in [0.25, 0.3) is 5.13 Å². The zero-order valence-electron chi connectivity index (χ0n) is 18.3. The minimum Gasteiger partial charge on any atom is -0.379 e. The van der Waals surface area contributed by atoms with Crippen LogP contribution >= 0.6 is 11.3 Å². The number of nitrogens with zero attached hydrogens (tertiary/aromatic N) is 6. The highest BCUT2D eigenvalue weighted by atomic mass is 32.1. The standard InChI is InChI=1S/C21H33N7O2S/c1-2-7-25-10-12-27(13-11-25)20-23-24-21(31-20)28-9-3-5-18(28)19(29)22-6-4-8-26-14-16-30-17-15-26/h3,5,9H,2,4,6-8,10-17H2,1H3,(H,22,29). The van der Waals surface area contributed by atoms with Gasteiger partial charge in [0.1, 0.15) is 5.69 Å². The van der Waals surface area contributed by atoms with Crippen molar-refractivity contribution in [2.24, 2.45) is 0 Å². The fourth-order valence-electron chi connectivity index (χ4n) is 4.06. The van der Waals surface area contributed by atoms with Crippen molar-refractivity contribution in [3.05, 3.63) is 24.0 Å². The summed E-state index contributed by atoms with van der Waals surface area (Å²) in [5, 5.41) is 13.5. The second-order valence-corrected chi connectivity index (χ2v) is 8.96. The van der Waals surface area contributed by atoms with E-state index in [4.69, 9.17) is 4.74 Å². The molecule has 0 bridgehead atoms. The Morgan fingerprint density at radius 3 is 2.58 bits per heavy atom. The SMILES string of the molecule is CCCN1CCN(c2nnc(-n3cccc3C(=O)NCCCN3CCOCC3)s2)CC1. The van der Waals surface area contributed by atoms with Gasteiger partial charge in [-0.2, -0.15) is 0 Å². The maximum absolute atomic E-state index is 12.7. The Labute approximate surface area is 188 Å². The molecule has 0 atom stereocenters. The normalized spacial score (nSPS) is 18.4. The van der Waals surface area contributed by atoms with Gasteiger partial charge in [-0.15, -0.1) is 10.2 Å². The van der Waals surface area contributed by atoms with Gasteiger partial charge in [-0.3, -0.25) is 19.2 Å². The third-order valence-corrected chi connectivity index (χ3v) is 6.80. The average Bonchev–Trinajstić information content (AvgIpc) is 3.48. The van der Waals surface area contributed by atoms with Crippen molar-refractivity contribution in [1.82, 2.24) is 29.9 Å². The van der Waals surface area contributed by atoms with E-state index >= 15 is 0 Å². The summed E-state index contributed by atoms with van der Waals surface area (Å²) in [4.78, 5) is 19.9. The van der Waals surface area contributed by atoms with Crippen molar-refractivity contribution in [1.29, 1.82) is 0 Å². The van der Waals surface area contributed by atoms with Crippen LogP contribution in [0.15, 0.2) is 18.3 Å². The van der Waals surface area contributed by atoms with Gasteiger partial charge in [0.2, 0.25) is 10.3 Å². The highest BCUT2D eigenvalue weighted by Crippen LogP contribution is 2.25. The second kappa shape index (κ2) is 11.0. The summed E-state index contributed by atoms with van der Waals surface area (Å²) in [5.41, 5.74) is 0.599. The summed E-state index contributed by atoms with van der Waals surface area (Å²) in [6.45, 7) is 12.6. The van der Waals surface area contributed by atoms with Crippen LogP contribution in [0.1, 0.15) is 30.3 Å². The molecular weight excluding hydrogens is 414 g/mol. The number of carbonyl (C=O) groups excluding carboxylic acids is 1. The molecule has 0 aliphatic carbocycles. The first-order valence-corrected chi connectivity index (χ1v) is 12.1.